The van der Waals surface area contributed by atoms with Gasteiger partial charge >= 0.3 is 0 Å². The SMILES string of the molecule is CCCC(F)(F)c1ccc(NN2C(=O)C(C)=C(C)C2=O)nc1Cl. The average Bonchev–Trinajstić information content (AvgIpc) is 2.65. The lowest BCUT2D eigenvalue weighted by molar-refractivity contribution is -0.135. The van der Waals surface area contributed by atoms with Gasteiger partial charge in [0.15, 0.2) is 0 Å². The lowest BCUT2D eigenvalue weighted by Gasteiger charge is -2.19. The Balaban J connectivity index is 2.23. The summed E-state index contributed by atoms with van der Waals surface area (Å²) < 4.78 is 27.8. The van der Waals surface area contributed by atoms with Gasteiger partial charge in [0.05, 0.1) is 5.56 Å². The number of hydrazine groups is 1. The molecule has 1 aliphatic heterocycles. The molecule has 1 aliphatic rings. The zero-order chi connectivity index (χ0) is 17.4. The number of anilines is 1. The van der Waals surface area contributed by atoms with Gasteiger partial charge in [-0.15, -0.1) is 0 Å². The van der Waals surface area contributed by atoms with Gasteiger partial charge in [0.25, 0.3) is 17.7 Å². The molecule has 0 saturated heterocycles. The molecule has 1 aromatic heterocycles. The van der Waals surface area contributed by atoms with Gasteiger partial charge in [-0.05, 0) is 26.0 Å². The number of carbonyl (C=O) groups is 2. The van der Waals surface area contributed by atoms with Crippen molar-refractivity contribution in [2.24, 2.45) is 0 Å². The highest BCUT2D eigenvalue weighted by atomic mass is 35.5. The van der Waals surface area contributed by atoms with Crippen LogP contribution >= 0.6 is 11.6 Å². The molecule has 0 fully saturated rings. The number of pyridine rings is 1. The summed E-state index contributed by atoms with van der Waals surface area (Å²) in [4.78, 5) is 27.7. The fraction of sp³-hybridized carbons (Fsp3) is 0.400. The zero-order valence-electron chi connectivity index (χ0n) is 12.9. The highest BCUT2D eigenvalue weighted by Crippen LogP contribution is 2.37. The first-order valence-corrected chi connectivity index (χ1v) is 7.44. The maximum atomic E-state index is 13.9. The molecule has 0 unspecified atom stereocenters. The molecule has 124 valence electrons. The van der Waals surface area contributed by atoms with Crippen molar-refractivity contribution in [3.8, 4) is 0 Å². The topological polar surface area (TPSA) is 62.3 Å². The van der Waals surface area contributed by atoms with Crippen LogP contribution in [0.4, 0.5) is 14.6 Å². The van der Waals surface area contributed by atoms with Gasteiger partial charge in [-0.3, -0.25) is 15.0 Å². The number of halogens is 3. The van der Waals surface area contributed by atoms with Crippen molar-refractivity contribution in [1.82, 2.24) is 9.99 Å². The van der Waals surface area contributed by atoms with Crippen molar-refractivity contribution < 1.29 is 18.4 Å². The van der Waals surface area contributed by atoms with Crippen LogP contribution in [0.5, 0.6) is 0 Å². The first-order valence-electron chi connectivity index (χ1n) is 7.06. The van der Waals surface area contributed by atoms with Crippen molar-refractivity contribution in [3.63, 3.8) is 0 Å². The molecule has 8 heteroatoms. The molecule has 5 nitrogen and oxygen atoms in total. The molecule has 0 aromatic carbocycles. The number of nitrogens with zero attached hydrogens (tertiary/aromatic N) is 2. The molecule has 2 rings (SSSR count). The smallest absolute Gasteiger partial charge is 0.271 e. The summed E-state index contributed by atoms with van der Waals surface area (Å²) in [6, 6.07) is 2.40. The number of carbonyl (C=O) groups excluding carboxylic acids is 2. The van der Waals surface area contributed by atoms with E-state index in [9.17, 15) is 18.4 Å². The second-order valence-corrected chi connectivity index (χ2v) is 5.65. The predicted molar refractivity (Wildman–Crippen MR) is 81.9 cm³/mol. The molecule has 2 heterocycles. The number of alkyl halides is 2. The molecular weight excluding hydrogens is 328 g/mol. The Bertz CT molecular complexity index is 680. The van der Waals surface area contributed by atoms with E-state index >= 15 is 0 Å². The van der Waals surface area contributed by atoms with Crippen LogP contribution in [0, 0.1) is 0 Å². The van der Waals surface area contributed by atoms with Gasteiger partial charge in [-0.25, -0.2) is 13.8 Å². The minimum atomic E-state index is -3.08. The molecular formula is C15H16ClF2N3O2. The van der Waals surface area contributed by atoms with E-state index in [2.05, 4.69) is 10.4 Å². The molecule has 0 radical (unpaired) electrons. The molecule has 0 bridgehead atoms. The predicted octanol–water partition coefficient (Wildman–Crippen LogP) is 3.66. The number of nitrogens with one attached hydrogen (secondary N) is 1. The van der Waals surface area contributed by atoms with E-state index < -0.39 is 17.7 Å². The summed E-state index contributed by atoms with van der Waals surface area (Å²) in [7, 11) is 0. The largest absolute Gasteiger partial charge is 0.276 e. The van der Waals surface area contributed by atoms with Crippen LogP contribution in [0.1, 0.15) is 39.2 Å². The first-order chi connectivity index (χ1) is 10.7. The highest BCUT2D eigenvalue weighted by molar-refractivity contribution is 6.30. The molecule has 0 saturated carbocycles. The van der Waals surface area contributed by atoms with E-state index in [1.807, 2.05) is 0 Å². The number of imide groups is 1. The van der Waals surface area contributed by atoms with E-state index in [1.165, 1.54) is 19.9 Å². The van der Waals surface area contributed by atoms with E-state index in [0.29, 0.717) is 17.6 Å². The van der Waals surface area contributed by atoms with Gasteiger partial charge < -0.3 is 0 Å². The monoisotopic (exact) mass is 343 g/mol. The van der Waals surface area contributed by atoms with Crippen molar-refractivity contribution in [2.45, 2.75) is 39.5 Å². The van der Waals surface area contributed by atoms with Crippen LogP contribution in [0.25, 0.3) is 0 Å². The number of rotatable bonds is 5. The van der Waals surface area contributed by atoms with Crippen molar-refractivity contribution in [3.05, 3.63) is 34.0 Å². The number of hydrogen-bond donors (Lipinski definition) is 1. The lowest BCUT2D eigenvalue weighted by atomic mass is 10.1. The highest BCUT2D eigenvalue weighted by Gasteiger charge is 2.35. The van der Waals surface area contributed by atoms with Crippen LogP contribution in [0.2, 0.25) is 5.15 Å². The maximum absolute atomic E-state index is 13.9. The number of aromatic nitrogens is 1. The maximum Gasteiger partial charge on any atom is 0.276 e. The van der Waals surface area contributed by atoms with Gasteiger partial charge in [0.1, 0.15) is 11.0 Å². The number of hydrogen-bond acceptors (Lipinski definition) is 4. The van der Waals surface area contributed by atoms with Crippen molar-refractivity contribution >= 4 is 29.2 Å². The van der Waals surface area contributed by atoms with E-state index in [4.69, 9.17) is 11.6 Å². The zero-order valence-corrected chi connectivity index (χ0v) is 13.7. The summed E-state index contributed by atoms with van der Waals surface area (Å²) in [5.74, 6) is -4.06. The molecule has 23 heavy (non-hydrogen) atoms. The fourth-order valence-corrected chi connectivity index (χ4v) is 2.47. The summed E-state index contributed by atoms with van der Waals surface area (Å²) in [6.45, 7) is 4.71. The third-order valence-corrected chi connectivity index (χ3v) is 3.93. The minimum absolute atomic E-state index is 0.0373. The van der Waals surface area contributed by atoms with Crippen molar-refractivity contribution in [1.29, 1.82) is 0 Å². The fourth-order valence-electron chi connectivity index (χ4n) is 2.18. The van der Waals surface area contributed by atoms with Gasteiger partial charge in [-0.1, -0.05) is 24.9 Å². The second-order valence-electron chi connectivity index (χ2n) is 5.30. The molecule has 2 amide bonds. The van der Waals surface area contributed by atoms with E-state index in [1.54, 1.807) is 6.92 Å². The van der Waals surface area contributed by atoms with Gasteiger partial charge in [0, 0.05) is 17.6 Å². The molecule has 0 atom stereocenters. The third-order valence-electron chi connectivity index (χ3n) is 3.64. The Morgan fingerprint density at radius 2 is 1.78 bits per heavy atom. The quantitative estimate of drug-likeness (QED) is 0.654. The summed E-state index contributed by atoms with van der Waals surface area (Å²) >= 11 is 5.84. The Morgan fingerprint density at radius 1 is 1.22 bits per heavy atom. The van der Waals surface area contributed by atoms with Gasteiger partial charge in [-0.2, -0.15) is 5.01 Å². The normalized spacial score (nSPS) is 15.7. The van der Waals surface area contributed by atoms with Crippen LogP contribution in [0.15, 0.2) is 23.3 Å². The summed E-state index contributed by atoms with van der Waals surface area (Å²) in [5, 5.41) is 0.418. The van der Waals surface area contributed by atoms with E-state index in [-0.39, 0.29) is 23.0 Å². The van der Waals surface area contributed by atoms with Crippen LogP contribution in [0.3, 0.4) is 0 Å². The average molecular weight is 344 g/mol. The lowest BCUT2D eigenvalue weighted by Crippen LogP contribution is -2.37. The van der Waals surface area contributed by atoms with Crippen LogP contribution < -0.4 is 5.43 Å². The standard InChI is InChI=1S/C15H16ClF2N3O2/c1-4-7-15(17,18)10-5-6-11(19-12(10)16)20-21-13(22)8(2)9(3)14(21)23/h5-6H,4,7H2,1-3H3,(H,19,20). The molecule has 0 aliphatic carbocycles. The summed E-state index contributed by atoms with van der Waals surface area (Å²) in [6.07, 6.45) is -0.0447. The summed E-state index contributed by atoms with van der Waals surface area (Å²) in [5.41, 5.74) is 2.76. The number of amides is 2. The van der Waals surface area contributed by atoms with E-state index in [0.717, 1.165) is 11.1 Å². The minimum Gasteiger partial charge on any atom is -0.271 e. The molecule has 1 aromatic rings. The third kappa shape index (κ3) is 3.19. The van der Waals surface area contributed by atoms with Gasteiger partial charge in [0.2, 0.25) is 0 Å². The first kappa shape index (κ1) is 17.3. The second kappa shape index (κ2) is 6.23. The Morgan fingerprint density at radius 3 is 2.26 bits per heavy atom. The molecule has 0 spiro atoms. The Labute approximate surface area is 137 Å². The van der Waals surface area contributed by atoms with Crippen LogP contribution in [-0.2, 0) is 15.5 Å². The Hall–Kier alpha value is -2.02. The van der Waals surface area contributed by atoms with Crippen molar-refractivity contribution in [2.75, 3.05) is 5.43 Å². The molecule has 1 N–H and O–H groups in total. The van der Waals surface area contributed by atoms with Crippen LogP contribution in [-0.4, -0.2) is 21.8 Å². The Kier molecular flexibility index (Phi) is 4.70.